The number of hydrogen-bond acceptors (Lipinski definition) is 3. The zero-order chi connectivity index (χ0) is 19.7. The van der Waals surface area contributed by atoms with E-state index in [-0.39, 0.29) is 18.0 Å². The number of aryl methyl sites for hydroxylation is 3. The molecule has 28 heavy (non-hydrogen) atoms. The Morgan fingerprint density at radius 2 is 1.89 bits per heavy atom. The van der Waals surface area contributed by atoms with Crippen LogP contribution in [0.5, 0.6) is 0 Å². The van der Waals surface area contributed by atoms with Crippen LogP contribution in [-0.4, -0.2) is 24.4 Å². The first-order valence-corrected chi connectivity index (χ1v) is 9.46. The highest BCUT2D eigenvalue weighted by Crippen LogP contribution is 2.13. The second kappa shape index (κ2) is 7.34. The third-order valence-corrected chi connectivity index (χ3v) is 4.94. The molecule has 1 aromatic carbocycles. The predicted octanol–water partition coefficient (Wildman–Crippen LogP) is 2.49. The van der Waals surface area contributed by atoms with Gasteiger partial charge < -0.3 is 9.72 Å². The SMILES string of the molecule is CCn1c(=O)n(CCC(=O)NCc2cn3ccc(C)cc3n2)c2ccccc21. The minimum absolute atomic E-state index is 0.0766. The van der Waals surface area contributed by atoms with E-state index in [1.165, 1.54) is 0 Å². The third-order valence-electron chi connectivity index (χ3n) is 4.94. The summed E-state index contributed by atoms with van der Waals surface area (Å²) in [4.78, 5) is 29.5. The molecule has 0 spiro atoms. The molecular formula is C21H23N5O2. The van der Waals surface area contributed by atoms with Gasteiger partial charge in [0.1, 0.15) is 5.65 Å². The van der Waals surface area contributed by atoms with E-state index >= 15 is 0 Å². The van der Waals surface area contributed by atoms with Crippen LogP contribution in [0.15, 0.2) is 53.6 Å². The number of carbonyl (C=O) groups is 1. The monoisotopic (exact) mass is 377 g/mol. The summed E-state index contributed by atoms with van der Waals surface area (Å²) in [5, 5.41) is 2.90. The Kier molecular flexibility index (Phi) is 4.73. The van der Waals surface area contributed by atoms with Crippen molar-refractivity contribution >= 4 is 22.6 Å². The molecule has 3 aromatic heterocycles. The minimum atomic E-state index is -0.103. The van der Waals surface area contributed by atoms with Crippen molar-refractivity contribution in [2.24, 2.45) is 0 Å². The quantitative estimate of drug-likeness (QED) is 0.561. The Morgan fingerprint density at radius 1 is 1.14 bits per heavy atom. The van der Waals surface area contributed by atoms with Crippen molar-refractivity contribution in [3.8, 4) is 0 Å². The van der Waals surface area contributed by atoms with Gasteiger partial charge in [0.2, 0.25) is 5.91 Å². The van der Waals surface area contributed by atoms with Gasteiger partial charge in [-0.15, -0.1) is 0 Å². The highest BCUT2D eigenvalue weighted by molar-refractivity contribution is 5.78. The number of carbonyl (C=O) groups excluding carboxylic acids is 1. The molecule has 0 unspecified atom stereocenters. The molecule has 144 valence electrons. The number of benzene rings is 1. The highest BCUT2D eigenvalue weighted by Gasteiger charge is 2.13. The van der Waals surface area contributed by atoms with Gasteiger partial charge in [-0.2, -0.15) is 0 Å². The molecule has 1 N–H and O–H groups in total. The largest absolute Gasteiger partial charge is 0.350 e. The zero-order valence-corrected chi connectivity index (χ0v) is 16.1. The molecule has 0 saturated carbocycles. The van der Waals surface area contributed by atoms with Crippen LogP contribution in [0.3, 0.4) is 0 Å². The molecule has 4 rings (SSSR count). The van der Waals surface area contributed by atoms with Crippen molar-refractivity contribution in [2.75, 3.05) is 0 Å². The smallest absolute Gasteiger partial charge is 0.329 e. The van der Waals surface area contributed by atoms with E-state index in [1.807, 2.05) is 67.0 Å². The van der Waals surface area contributed by atoms with Gasteiger partial charge >= 0.3 is 5.69 Å². The van der Waals surface area contributed by atoms with Gasteiger partial charge in [-0.1, -0.05) is 12.1 Å². The maximum atomic E-state index is 12.6. The topological polar surface area (TPSA) is 73.3 Å². The van der Waals surface area contributed by atoms with Crippen LogP contribution in [0.2, 0.25) is 0 Å². The summed E-state index contributed by atoms with van der Waals surface area (Å²) in [6.07, 6.45) is 4.11. The average molecular weight is 377 g/mol. The summed E-state index contributed by atoms with van der Waals surface area (Å²) in [7, 11) is 0. The number of nitrogens with zero attached hydrogens (tertiary/aromatic N) is 4. The lowest BCUT2D eigenvalue weighted by Gasteiger charge is -2.05. The Hall–Kier alpha value is -3.35. The standard InChI is InChI=1S/C21H23N5O2/c1-3-25-17-6-4-5-7-18(17)26(21(25)28)11-9-20(27)22-13-16-14-24-10-8-15(2)12-19(24)23-16/h4-8,10,12,14H,3,9,11,13H2,1-2H3,(H,22,27). The van der Waals surface area contributed by atoms with Gasteiger partial charge in [-0.05, 0) is 43.7 Å². The van der Waals surface area contributed by atoms with E-state index in [0.29, 0.717) is 19.6 Å². The number of aromatic nitrogens is 4. The van der Waals surface area contributed by atoms with Crippen LogP contribution in [0.1, 0.15) is 24.6 Å². The van der Waals surface area contributed by atoms with Crippen molar-refractivity contribution in [1.82, 2.24) is 23.8 Å². The number of nitrogens with one attached hydrogen (secondary N) is 1. The van der Waals surface area contributed by atoms with E-state index < -0.39 is 0 Å². The first kappa shape index (κ1) is 18.0. The molecule has 0 atom stereocenters. The van der Waals surface area contributed by atoms with Gasteiger partial charge in [0.25, 0.3) is 0 Å². The van der Waals surface area contributed by atoms with Crippen LogP contribution in [0.25, 0.3) is 16.7 Å². The van der Waals surface area contributed by atoms with Gasteiger partial charge in [-0.25, -0.2) is 9.78 Å². The van der Waals surface area contributed by atoms with E-state index in [1.54, 1.807) is 9.13 Å². The zero-order valence-electron chi connectivity index (χ0n) is 16.1. The normalized spacial score (nSPS) is 11.4. The van der Waals surface area contributed by atoms with Crippen molar-refractivity contribution in [3.63, 3.8) is 0 Å². The summed E-state index contributed by atoms with van der Waals surface area (Å²) in [6.45, 7) is 5.29. The number of pyridine rings is 1. The van der Waals surface area contributed by atoms with E-state index in [0.717, 1.165) is 27.9 Å². The molecule has 0 bridgehead atoms. The van der Waals surface area contributed by atoms with Crippen LogP contribution in [-0.2, 0) is 24.4 Å². The molecule has 0 aliphatic carbocycles. The first-order valence-electron chi connectivity index (χ1n) is 9.46. The Bertz CT molecular complexity index is 1210. The molecule has 7 nitrogen and oxygen atoms in total. The maximum Gasteiger partial charge on any atom is 0.329 e. The van der Waals surface area contributed by atoms with Crippen LogP contribution < -0.4 is 11.0 Å². The van der Waals surface area contributed by atoms with Crippen molar-refractivity contribution in [1.29, 1.82) is 0 Å². The van der Waals surface area contributed by atoms with Gasteiger partial charge in [0.05, 0.1) is 23.3 Å². The fraction of sp³-hybridized carbons (Fsp3) is 0.286. The third kappa shape index (κ3) is 3.31. The van der Waals surface area contributed by atoms with Gasteiger partial charge in [-0.3, -0.25) is 13.9 Å². The van der Waals surface area contributed by atoms with E-state index in [2.05, 4.69) is 10.3 Å². The number of amides is 1. The van der Waals surface area contributed by atoms with Crippen LogP contribution in [0, 0.1) is 6.92 Å². The molecule has 7 heteroatoms. The maximum absolute atomic E-state index is 12.6. The fourth-order valence-electron chi connectivity index (χ4n) is 3.51. The lowest BCUT2D eigenvalue weighted by molar-refractivity contribution is -0.121. The number of fused-ring (bicyclic) bond motifs is 2. The molecule has 0 aliphatic heterocycles. The molecule has 0 fully saturated rings. The van der Waals surface area contributed by atoms with Crippen LogP contribution in [0.4, 0.5) is 0 Å². The Labute approximate surface area is 162 Å². The van der Waals surface area contributed by atoms with Crippen molar-refractivity contribution in [2.45, 2.75) is 39.9 Å². The van der Waals surface area contributed by atoms with Crippen LogP contribution >= 0.6 is 0 Å². The molecule has 3 heterocycles. The molecule has 4 aromatic rings. The van der Waals surface area contributed by atoms with E-state index in [4.69, 9.17) is 0 Å². The number of rotatable bonds is 6. The summed E-state index contributed by atoms with van der Waals surface area (Å²) in [5.74, 6) is -0.103. The Morgan fingerprint density at radius 3 is 2.64 bits per heavy atom. The lowest BCUT2D eigenvalue weighted by Crippen LogP contribution is -2.28. The second-order valence-corrected chi connectivity index (χ2v) is 6.90. The lowest BCUT2D eigenvalue weighted by atomic mass is 10.3. The molecule has 1 amide bonds. The highest BCUT2D eigenvalue weighted by atomic mass is 16.2. The first-order chi connectivity index (χ1) is 13.6. The summed E-state index contributed by atoms with van der Waals surface area (Å²) >= 11 is 0. The molecular weight excluding hydrogens is 354 g/mol. The summed E-state index contributed by atoms with van der Waals surface area (Å²) in [6, 6.07) is 11.7. The van der Waals surface area contributed by atoms with Gasteiger partial charge in [0.15, 0.2) is 0 Å². The fourth-order valence-corrected chi connectivity index (χ4v) is 3.51. The van der Waals surface area contributed by atoms with Gasteiger partial charge in [0, 0.05) is 31.9 Å². The summed E-state index contributed by atoms with van der Waals surface area (Å²) < 4.78 is 5.34. The van der Waals surface area contributed by atoms with Crippen molar-refractivity contribution in [3.05, 3.63) is 70.5 Å². The number of imidazole rings is 2. The van der Waals surface area contributed by atoms with Crippen molar-refractivity contribution < 1.29 is 4.79 Å². The molecule has 0 aliphatic rings. The Balaban J connectivity index is 1.42. The average Bonchev–Trinajstić information content (AvgIpc) is 3.21. The van der Waals surface area contributed by atoms with E-state index in [9.17, 15) is 9.59 Å². The molecule has 0 saturated heterocycles. The predicted molar refractivity (Wildman–Crippen MR) is 108 cm³/mol. The summed E-state index contributed by atoms with van der Waals surface area (Å²) in [5.41, 5.74) is 4.49. The minimum Gasteiger partial charge on any atom is -0.350 e. The number of para-hydroxylation sites is 2. The second-order valence-electron chi connectivity index (χ2n) is 6.90. The molecule has 0 radical (unpaired) electrons. The number of hydrogen-bond donors (Lipinski definition) is 1.